The van der Waals surface area contributed by atoms with E-state index in [4.69, 9.17) is 4.74 Å². The van der Waals surface area contributed by atoms with Crippen LogP contribution in [0.2, 0.25) is 0 Å². The molecule has 104 valence electrons. The van der Waals surface area contributed by atoms with E-state index in [0.717, 1.165) is 25.2 Å². The van der Waals surface area contributed by atoms with Crippen molar-refractivity contribution in [3.05, 3.63) is 59.2 Å². The smallest absolute Gasteiger partial charge is 0.122 e. The Hall–Kier alpha value is -1.96. The van der Waals surface area contributed by atoms with E-state index in [1.807, 2.05) is 0 Å². The Bertz CT molecular complexity index is 589. The van der Waals surface area contributed by atoms with E-state index in [9.17, 15) is 0 Å². The van der Waals surface area contributed by atoms with Gasteiger partial charge in [-0.3, -0.25) is 0 Å². The molecular formula is C18H21NO. The van der Waals surface area contributed by atoms with Crippen LogP contribution >= 0.6 is 0 Å². The molecule has 3 rings (SSSR count). The first kappa shape index (κ1) is 13.0. The van der Waals surface area contributed by atoms with Crippen molar-refractivity contribution >= 4 is 5.69 Å². The lowest BCUT2D eigenvalue weighted by Gasteiger charge is -2.16. The summed E-state index contributed by atoms with van der Waals surface area (Å²) in [6.45, 7) is 5.20. The minimum absolute atomic E-state index is 0.307. The Morgan fingerprint density at radius 2 is 1.95 bits per heavy atom. The zero-order valence-corrected chi connectivity index (χ0v) is 12.1. The average molecular weight is 267 g/mol. The molecule has 2 nitrogen and oxygen atoms in total. The van der Waals surface area contributed by atoms with Crippen molar-refractivity contribution < 1.29 is 4.74 Å². The predicted molar refractivity (Wildman–Crippen MR) is 83.5 cm³/mol. The van der Waals surface area contributed by atoms with Crippen molar-refractivity contribution in [1.82, 2.24) is 0 Å². The fourth-order valence-electron chi connectivity index (χ4n) is 2.65. The first-order valence-corrected chi connectivity index (χ1v) is 7.37. The van der Waals surface area contributed by atoms with E-state index in [1.165, 1.54) is 22.4 Å². The van der Waals surface area contributed by atoms with Crippen LogP contribution in [-0.4, -0.2) is 6.61 Å². The van der Waals surface area contributed by atoms with Crippen molar-refractivity contribution in [2.24, 2.45) is 0 Å². The molecule has 2 heteroatoms. The highest BCUT2D eigenvalue weighted by Gasteiger charge is 2.13. The van der Waals surface area contributed by atoms with Gasteiger partial charge < -0.3 is 10.1 Å². The van der Waals surface area contributed by atoms with E-state index in [-0.39, 0.29) is 0 Å². The Labute approximate surface area is 120 Å². The summed E-state index contributed by atoms with van der Waals surface area (Å²) >= 11 is 0. The summed E-state index contributed by atoms with van der Waals surface area (Å²) in [6, 6.07) is 15.5. The third-order valence-electron chi connectivity index (χ3n) is 3.96. The normalized spacial score (nSPS) is 14.5. The molecule has 0 amide bonds. The van der Waals surface area contributed by atoms with Gasteiger partial charge in [0.05, 0.1) is 6.61 Å². The Kier molecular flexibility index (Phi) is 3.64. The minimum atomic E-state index is 0.307. The number of rotatable bonds is 4. The van der Waals surface area contributed by atoms with Crippen molar-refractivity contribution in [3.63, 3.8) is 0 Å². The van der Waals surface area contributed by atoms with Gasteiger partial charge in [-0.15, -0.1) is 0 Å². The fraction of sp³-hybridized carbons (Fsp3) is 0.333. The summed E-state index contributed by atoms with van der Waals surface area (Å²) in [5.74, 6) is 1.04. The van der Waals surface area contributed by atoms with Gasteiger partial charge in [-0.2, -0.15) is 0 Å². The number of nitrogens with one attached hydrogen (secondary N) is 1. The van der Waals surface area contributed by atoms with E-state index < -0.39 is 0 Å². The van der Waals surface area contributed by atoms with E-state index in [1.54, 1.807) is 0 Å². The lowest BCUT2D eigenvalue weighted by atomic mass is 10.0. The second-order valence-electron chi connectivity index (χ2n) is 5.38. The number of hydrogen-bond donors (Lipinski definition) is 1. The third-order valence-corrected chi connectivity index (χ3v) is 3.96. The lowest BCUT2D eigenvalue weighted by molar-refractivity contribution is 0.357. The molecule has 1 atom stereocenters. The summed E-state index contributed by atoms with van der Waals surface area (Å²) in [5.41, 5.74) is 5.18. The fourth-order valence-corrected chi connectivity index (χ4v) is 2.65. The van der Waals surface area contributed by atoms with E-state index in [0.29, 0.717) is 6.04 Å². The zero-order chi connectivity index (χ0) is 13.9. The third kappa shape index (κ3) is 2.64. The summed E-state index contributed by atoms with van der Waals surface area (Å²) in [6.07, 6.45) is 2.11. The first-order valence-electron chi connectivity index (χ1n) is 7.37. The van der Waals surface area contributed by atoms with Gasteiger partial charge in [0.15, 0.2) is 0 Å². The van der Waals surface area contributed by atoms with Gasteiger partial charge in [-0.1, -0.05) is 31.2 Å². The van der Waals surface area contributed by atoms with Crippen LogP contribution < -0.4 is 10.1 Å². The maximum Gasteiger partial charge on any atom is 0.122 e. The number of aryl methyl sites for hydroxylation is 1. The number of ether oxygens (including phenoxy) is 1. The van der Waals surface area contributed by atoms with Gasteiger partial charge >= 0.3 is 0 Å². The maximum absolute atomic E-state index is 5.54. The molecule has 0 aliphatic carbocycles. The van der Waals surface area contributed by atoms with Crippen LogP contribution in [0.4, 0.5) is 5.69 Å². The molecule has 1 heterocycles. The van der Waals surface area contributed by atoms with E-state index in [2.05, 4.69) is 61.6 Å². The summed E-state index contributed by atoms with van der Waals surface area (Å²) < 4.78 is 5.54. The van der Waals surface area contributed by atoms with Gasteiger partial charge in [0.1, 0.15) is 5.75 Å². The largest absolute Gasteiger partial charge is 0.493 e. The number of hydrogen-bond acceptors (Lipinski definition) is 2. The molecule has 2 aromatic carbocycles. The topological polar surface area (TPSA) is 21.3 Å². The monoisotopic (exact) mass is 267 g/mol. The Balaban J connectivity index is 1.73. The van der Waals surface area contributed by atoms with Gasteiger partial charge in [0, 0.05) is 18.2 Å². The SMILES string of the molecule is CCc1ccc(C(C)Nc2ccc3c(c2)CCO3)cc1. The number of fused-ring (bicyclic) bond motifs is 1. The van der Waals surface area contributed by atoms with Crippen molar-refractivity contribution in [2.45, 2.75) is 32.7 Å². The zero-order valence-electron chi connectivity index (χ0n) is 12.1. The summed E-state index contributed by atoms with van der Waals surface area (Å²) in [5, 5.41) is 3.57. The molecule has 20 heavy (non-hydrogen) atoms. The molecule has 0 fully saturated rings. The van der Waals surface area contributed by atoms with Gasteiger partial charge in [0.25, 0.3) is 0 Å². The molecule has 0 aromatic heterocycles. The predicted octanol–water partition coefficient (Wildman–Crippen LogP) is 4.36. The Morgan fingerprint density at radius 3 is 2.70 bits per heavy atom. The highest BCUT2D eigenvalue weighted by atomic mass is 16.5. The highest BCUT2D eigenvalue weighted by Crippen LogP contribution is 2.29. The average Bonchev–Trinajstić information content (AvgIpc) is 2.95. The molecular weight excluding hydrogens is 246 g/mol. The molecule has 0 radical (unpaired) electrons. The van der Waals surface area contributed by atoms with Crippen LogP contribution in [0.15, 0.2) is 42.5 Å². The second-order valence-corrected chi connectivity index (χ2v) is 5.38. The minimum Gasteiger partial charge on any atom is -0.493 e. The van der Waals surface area contributed by atoms with Crippen LogP contribution in [0.3, 0.4) is 0 Å². The van der Waals surface area contributed by atoms with Crippen LogP contribution in [-0.2, 0) is 12.8 Å². The van der Waals surface area contributed by atoms with Crippen LogP contribution in [0.5, 0.6) is 5.75 Å². The highest BCUT2D eigenvalue weighted by molar-refractivity contribution is 5.53. The van der Waals surface area contributed by atoms with Crippen LogP contribution in [0, 0.1) is 0 Å². The van der Waals surface area contributed by atoms with E-state index >= 15 is 0 Å². The molecule has 2 aromatic rings. The van der Waals surface area contributed by atoms with Gasteiger partial charge in [-0.05, 0) is 48.2 Å². The molecule has 1 aliphatic rings. The van der Waals surface area contributed by atoms with Crippen molar-refractivity contribution in [3.8, 4) is 5.75 Å². The second kappa shape index (κ2) is 5.58. The van der Waals surface area contributed by atoms with Crippen LogP contribution in [0.1, 0.15) is 36.6 Å². The summed E-state index contributed by atoms with van der Waals surface area (Å²) in [4.78, 5) is 0. The van der Waals surface area contributed by atoms with Gasteiger partial charge in [-0.25, -0.2) is 0 Å². The molecule has 0 bridgehead atoms. The molecule has 0 spiro atoms. The van der Waals surface area contributed by atoms with Crippen molar-refractivity contribution in [1.29, 1.82) is 0 Å². The molecule has 1 aliphatic heterocycles. The molecule has 0 saturated carbocycles. The first-order chi connectivity index (χ1) is 9.76. The molecule has 1 unspecified atom stereocenters. The van der Waals surface area contributed by atoms with Gasteiger partial charge in [0.2, 0.25) is 0 Å². The lowest BCUT2D eigenvalue weighted by Crippen LogP contribution is -2.06. The number of benzene rings is 2. The molecule has 1 N–H and O–H groups in total. The molecule has 0 saturated heterocycles. The van der Waals surface area contributed by atoms with Crippen LogP contribution in [0.25, 0.3) is 0 Å². The number of anilines is 1. The maximum atomic E-state index is 5.54. The van der Waals surface area contributed by atoms with Crippen molar-refractivity contribution in [2.75, 3.05) is 11.9 Å². The summed E-state index contributed by atoms with van der Waals surface area (Å²) in [7, 11) is 0. The standard InChI is InChI=1S/C18H21NO/c1-3-14-4-6-15(7-5-14)13(2)19-17-8-9-18-16(12-17)10-11-20-18/h4-9,12-13,19H,3,10-11H2,1-2H3. The quantitative estimate of drug-likeness (QED) is 0.888. The Morgan fingerprint density at radius 1 is 1.15 bits per heavy atom.